The Labute approximate surface area is 150 Å². The van der Waals surface area contributed by atoms with Crippen molar-refractivity contribution in [2.75, 3.05) is 13.1 Å². The molecule has 134 valence electrons. The molecular formula is C17H21FN4O2S. The standard InChI is InChI=1S/C17H21FN4O2S/c1-11(15-10-25-12(2)21-15)20-17(23)22-8-5-13(6-9-22)24-16-14(18)4-3-7-19-16/h3-4,7,10-11,13H,5-6,8-9H2,1-2H3,(H,20,23). The molecular weight excluding hydrogens is 343 g/mol. The lowest BCUT2D eigenvalue weighted by Crippen LogP contribution is -2.47. The fraction of sp³-hybridized carbons (Fsp3) is 0.471. The summed E-state index contributed by atoms with van der Waals surface area (Å²) >= 11 is 1.57. The molecule has 0 bridgehead atoms. The summed E-state index contributed by atoms with van der Waals surface area (Å²) in [6.07, 6.45) is 2.66. The molecule has 0 spiro atoms. The minimum Gasteiger partial charge on any atom is -0.472 e. The Morgan fingerprint density at radius 2 is 2.24 bits per heavy atom. The fourth-order valence-corrected chi connectivity index (χ4v) is 3.43. The first kappa shape index (κ1) is 17.6. The first-order valence-corrected chi connectivity index (χ1v) is 9.15. The summed E-state index contributed by atoms with van der Waals surface area (Å²) in [4.78, 5) is 22.4. The first-order valence-electron chi connectivity index (χ1n) is 8.27. The average Bonchev–Trinajstić information content (AvgIpc) is 3.04. The van der Waals surface area contributed by atoms with E-state index in [1.807, 2.05) is 19.2 Å². The molecule has 2 aromatic heterocycles. The highest BCUT2D eigenvalue weighted by atomic mass is 32.1. The van der Waals surface area contributed by atoms with Gasteiger partial charge in [0.15, 0.2) is 5.82 Å². The maximum atomic E-state index is 13.6. The molecule has 3 heterocycles. The molecule has 3 rings (SSSR count). The van der Waals surface area contributed by atoms with Gasteiger partial charge in [0.1, 0.15) is 6.10 Å². The summed E-state index contributed by atoms with van der Waals surface area (Å²) in [6.45, 7) is 4.99. The van der Waals surface area contributed by atoms with Crippen LogP contribution in [0.15, 0.2) is 23.7 Å². The lowest BCUT2D eigenvalue weighted by atomic mass is 10.1. The number of piperidine rings is 1. The number of nitrogens with one attached hydrogen (secondary N) is 1. The van der Waals surface area contributed by atoms with E-state index in [1.165, 1.54) is 18.3 Å². The highest BCUT2D eigenvalue weighted by molar-refractivity contribution is 7.09. The van der Waals surface area contributed by atoms with Crippen molar-refractivity contribution in [3.05, 3.63) is 40.2 Å². The molecule has 1 N–H and O–H groups in total. The maximum absolute atomic E-state index is 13.6. The number of aromatic nitrogens is 2. The van der Waals surface area contributed by atoms with Gasteiger partial charge in [-0.2, -0.15) is 0 Å². The highest BCUT2D eigenvalue weighted by Gasteiger charge is 2.26. The second-order valence-electron chi connectivity index (χ2n) is 6.06. The summed E-state index contributed by atoms with van der Waals surface area (Å²) in [5.74, 6) is -0.437. The van der Waals surface area contributed by atoms with Crippen molar-refractivity contribution in [3.8, 4) is 5.88 Å². The van der Waals surface area contributed by atoms with Crippen LogP contribution < -0.4 is 10.1 Å². The zero-order chi connectivity index (χ0) is 17.8. The zero-order valence-corrected chi connectivity index (χ0v) is 15.1. The second-order valence-corrected chi connectivity index (χ2v) is 7.12. The van der Waals surface area contributed by atoms with Gasteiger partial charge in [0.25, 0.3) is 5.88 Å². The molecule has 0 radical (unpaired) electrons. The van der Waals surface area contributed by atoms with Gasteiger partial charge in [-0.1, -0.05) is 0 Å². The van der Waals surface area contributed by atoms with Crippen LogP contribution >= 0.6 is 11.3 Å². The number of pyridine rings is 1. The van der Waals surface area contributed by atoms with Crippen LogP contribution in [0.5, 0.6) is 5.88 Å². The molecule has 1 aliphatic rings. The molecule has 2 amide bonds. The molecule has 0 saturated carbocycles. The van der Waals surface area contributed by atoms with Crippen LogP contribution in [-0.2, 0) is 0 Å². The third kappa shape index (κ3) is 4.45. The Bertz CT molecular complexity index is 731. The van der Waals surface area contributed by atoms with E-state index in [9.17, 15) is 9.18 Å². The van der Waals surface area contributed by atoms with Gasteiger partial charge in [0.2, 0.25) is 0 Å². The Kier molecular flexibility index (Phi) is 5.47. The molecule has 0 aromatic carbocycles. The summed E-state index contributed by atoms with van der Waals surface area (Å²) in [5, 5.41) is 5.91. The van der Waals surface area contributed by atoms with E-state index in [0.717, 1.165) is 10.7 Å². The predicted molar refractivity (Wildman–Crippen MR) is 93.2 cm³/mol. The van der Waals surface area contributed by atoms with E-state index >= 15 is 0 Å². The SMILES string of the molecule is Cc1nc(C(C)NC(=O)N2CCC(Oc3ncccc3F)CC2)cs1. The molecule has 1 saturated heterocycles. The average molecular weight is 364 g/mol. The summed E-state index contributed by atoms with van der Waals surface area (Å²) in [5.41, 5.74) is 0.875. The molecule has 6 nitrogen and oxygen atoms in total. The molecule has 25 heavy (non-hydrogen) atoms. The van der Waals surface area contributed by atoms with Gasteiger partial charge >= 0.3 is 6.03 Å². The van der Waals surface area contributed by atoms with E-state index in [1.54, 1.807) is 16.2 Å². The van der Waals surface area contributed by atoms with Crippen molar-refractivity contribution in [1.29, 1.82) is 0 Å². The number of ether oxygens (including phenoxy) is 1. The molecule has 1 fully saturated rings. The number of halogens is 1. The molecule has 8 heteroatoms. The van der Waals surface area contributed by atoms with Gasteiger partial charge in [-0.3, -0.25) is 0 Å². The summed E-state index contributed by atoms with van der Waals surface area (Å²) in [6, 6.07) is 2.61. The minimum atomic E-state index is -0.463. The Hall–Kier alpha value is -2.22. The number of hydrogen-bond donors (Lipinski definition) is 1. The quantitative estimate of drug-likeness (QED) is 0.904. The van der Waals surface area contributed by atoms with Gasteiger partial charge in [-0.05, 0) is 26.0 Å². The monoisotopic (exact) mass is 364 g/mol. The Morgan fingerprint density at radius 1 is 1.48 bits per heavy atom. The number of urea groups is 1. The highest BCUT2D eigenvalue weighted by Crippen LogP contribution is 2.20. The van der Waals surface area contributed by atoms with Crippen LogP contribution in [0.3, 0.4) is 0 Å². The molecule has 1 atom stereocenters. The number of likely N-dealkylation sites (tertiary alicyclic amines) is 1. The lowest BCUT2D eigenvalue weighted by Gasteiger charge is -2.32. The number of aryl methyl sites for hydroxylation is 1. The number of carbonyl (C=O) groups excluding carboxylic acids is 1. The van der Waals surface area contributed by atoms with Crippen LogP contribution in [0.2, 0.25) is 0 Å². The van der Waals surface area contributed by atoms with Crippen molar-refractivity contribution < 1.29 is 13.9 Å². The first-order chi connectivity index (χ1) is 12.0. The third-order valence-corrected chi connectivity index (χ3v) is 4.94. The zero-order valence-electron chi connectivity index (χ0n) is 14.2. The van der Waals surface area contributed by atoms with E-state index in [-0.39, 0.29) is 24.1 Å². The Balaban J connectivity index is 1.48. The largest absolute Gasteiger partial charge is 0.472 e. The number of thiazole rings is 1. The maximum Gasteiger partial charge on any atom is 0.317 e. The normalized spacial score (nSPS) is 16.5. The van der Waals surface area contributed by atoms with E-state index in [0.29, 0.717) is 25.9 Å². The minimum absolute atomic E-state index is 0.0259. The summed E-state index contributed by atoms with van der Waals surface area (Å²) < 4.78 is 19.2. The fourth-order valence-electron chi connectivity index (χ4n) is 2.72. The Morgan fingerprint density at radius 3 is 2.88 bits per heavy atom. The molecule has 1 aliphatic heterocycles. The second kappa shape index (κ2) is 7.77. The van der Waals surface area contributed by atoms with Crippen molar-refractivity contribution in [3.63, 3.8) is 0 Å². The number of carbonyl (C=O) groups is 1. The number of rotatable bonds is 4. The van der Waals surface area contributed by atoms with Crippen LogP contribution in [0.1, 0.15) is 36.5 Å². The lowest BCUT2D eigenvalue weighted by molar-refractivity contribution is 0.103. The molecule has 2 aromatic rings. The van der Waals surface area contributed by atoms with Gasteiger partial charge in [-0.25, -0.2) is 19.2 Å². The molecule has 0 aliphatic carbocycles. The topological polar surface area (TPSA) is 67.4 Å². The van der Waals surface area contributed by atoms with Gasteiger partial charge < -0.3 is 15.0 Å². The molecule has 1 unspecified atom stereocenters. The van der Waals surface area contributed by atoms with Crippen molar-refractivity contribution >= 4 is 17.4 Å². The van der Waals surface area contributed by atoms with Crippen molar-refractivity contribution in [2.24, 2.45) is 0 Å². The van der Waals surface area contributed by atoms with Crippen LogP contribution in [0.4, 0.5) is 9.18 Å². The van der Waals surface area contributed by atoms with E-state index in [4.69, 9.17) is 4.74 Å². The van der Waals surface area contributed by atoms with Crippen LogP contribution in [0, 0.1) is 12.7 Å². The predicted octanol–water partition coefficient (Wildman–Crippen LogP) is 3.30. The van der Waals surface area contributed by atoms with Crippen LogP contribution in [0.25, 0.3) is 0 Å². The van der Waals surface area contributed by atoms with Gasteiger partial charge in [-0.15, -0.1) is 11.3 Å². The van der Waals surface area contributed by atoms with Gasteiger partial charge in [0.05, 0.1) is 16.7 Å². The third-order valence-electron chi connectivity index (χ3n) is 4.15. The van der Waals surface area contributed by atoms with Crippen molar-refractivity contribution in [1.82, 2.24) is 20.2 Å². The van der Waals surface area contributed by atoms with Crippen molar-refractivity contribution in [2.45, 2.75) is 38.8 Å². The summed E-state index contributed by atoms with van der Waals surface area (Å²) in [7, 11) is 0. The van der Waals surface area contributed by atoms with Crippen LogP contribution in [-0.4, -0.2) is 40.1 Å². The van der Waals surface area contributed by atoms with E-state index in [2.05, 4.69) is 15.3 Å². The van der Waals surface area contributed by atoms with E-state index < -0.39 is 5.82 Å². The number of amides is 2. The smallest absolute Gasteiger partial charge is 0.317 e. The number of hydrogen-bond acceptors (Lipinski definition) is 5. The number of nitrogens with zero attached hydrogens (tertiary/aromatic N) is 3. The van der Waals surface area contributed by atoms with Gasteiger partial charge in [0, 0.05) is 37.5 Å².